The number of benzene rings is 3. The summed E-state index contributed by atoms with van der Waals surface area (Å²) in [5, 5.41) is 3.19. The number of hydrogen-bond donors (Lipinski definition) is 1. The molecule has 1 atom stereocenters. The minimum atomic E-state index is -0.661. The fraction of sp³-hybridized carbons (Fsp3) is 0.200. The maximum absolute atomic E-state index is 14.2. The molecule has 0 bridgehead atoms. The molecule has 32 heavy (non-hydrogen) atoms. The second-order valence-electron chi connectivity index (χ2n) is 7.56. The van der Waals surface area contributed by atoms with Crippen LogP contribution in [0.3, 0.4) is 0 Å². The van der Waals surface area contributed by atoms with Crippen LogP contribution in [0.2, 0.25) is 5.02 Å². The standard InChI is InChI=1S/C25H22ClFN2O3/c1-2-22-25(31)29(14-16-7-3-6-10-21(16)27)15-17-13-18(11-12-23(17)32-22)28-24(30)19-8-4-5-9-20(19)26/h3-13,22H,2,14-15H2,1H3,(H,28,30). The number of nitrogens with zero attached hydrogens (tertiary/aromatic N) is 1. The van der Waals surface area contributed by atoms with E-state index in [9.17, 15) is 14.0 Å². The van der Waals surface area contributed by atoms with E-state index < -0.39 is 6.10 Å². The molecule has 7 heteroatoms. The predicted octanol–water partition coefficient (Wildman–Crippen LogP) is 5.43. The zero-order chi connectivity index (χ0) is 22.7. The van der Waals surface area contributed by atoms with E-state index in [4.69, 9.17) is 16.3 Å². The van der Waals surface area contributed by atoms with Gasteiger partial charge in [-0.15, -0.1) is 0 Å². The summed E-state index contributed by atoms with van der Waals surface area (Å²) in [5.74, 6) is -0.333. The summed E-state index contributed by atoms with van der Waals surface area (Å²) < 4.78 is 20.2. The third-order valence-electron chi connectivity index (χ3n) is 5.34. The highest BCUT2D eigenvalue weighted by atomic mass is 35.5. The molecule has 0 saturated heterocycles. The van der Waals surface area contributed by atoms with Gasteiger partial charge in [0.2, 0.25) is 0 Å². The van der Waals surface area contributed by atoms with Crippen molar-refractivity contribution in [3.8, 4) is 5.75 Å². The molecule has 0 fully saturated rings. The maximum Gasteiger partial charge on any atom is 0.264 e. The van der Waals surface area contributed by atoms with Crippen molar-refractivity contribution < 1.29 is 18.7 Å². The van der Waals surface area contributed by atoms with Crippen LogP contribution < -0.4 is 10.1 Å². The summed E-state index contributed by atoms with van der Waals surface area (Å²) in [5.41, 5.74) is 2.07. The van der Waals surface area contributed by atoms with Crippen LogP contribution in [-0.2, 0) is 17.9 Å². The molecule has 1 aliphatic rings. The number of carbonyl (C=O) groups is 2. The van der Waals surface area contributed by atoms with Crippen molar-refractivity contribution in [3.05, 3.63) is 94.3 Å². The molecule has 2 amide bonds. The molecule has 0 saturated carbocycles. The average Bonchev–Trinajstić information content (AvgIpc) is 2.91. The van der Waals surface area contributed by atoms with Crippen molar-refractivity contribution in [1.82, 2.24) is 4.90 Å². The largest absolute Gasteiger partial charge is 0.480 e. The van der Waals surface area contributed by atoms with Crippen LogP contribution in [0.5, 0.6) is 5.75 Å². The SMILES string of the molecule is CCC1Oc2ccc(NC(=O)c3ccccc3Cl)cc2CN(Cc2ccccc2F)C1=O. The van der Waals surface area contributed by atoms with Crippen LogP contribution in [0, 0.1) is 5.82 Å². The van der Waals surface area contributed by atoms with Crippen LogP contribution in [0.1, 0.15) is 34.8 Å². The van der Waals surface area contributed by atoms with Gasteiger partial charge in [0.1, 0.15) is 11.6 Å². The molecule has 1 unspecified atom stereocenters. The number of amides is 2. The Morgan fingerprint density at radius 3 is 2.66 bits per heavy atom. The summed E-state index contributed by atoms with van der Waals surface area (Å²) in [7, 11) is 0. The molecule has 1 N–H and O–H groups in total. The number of ether oxygens (including phenoxy) is 1. The van der Waals surface area contributed by atoms with E-state index in [0.29, 0.717) is 34.0 Å². The Morgan fingerprint density at radius 1 is 1.16 bits per heavy atom. The van der Waals surface area contributed by atoms with E-state index in [1.165, 1.54) is 6.07 Å². The second kappa shape index (κ2) is 9.40. The minimum absolute atomic E-state index is 0.126. The molecule has 3 aromatic carbocycles. The van der Waals surface area contributed by atoms with E-state index in [1.807, 2.05) is 6.92 Å². The predicted molar refractivity (Wildman–Crippen MR) is 121 cm³/mol. The summed E-state index contributed by atoms with van der Waals surface area (Å²) in [6, 6.07) is 18.4. The van der Waals surface area contributed by atoms with Crippen LogP contribution in [0.4, 0.5) is 10.1 Å². The molecule has 4 rings (SSSR count). The van der Waals surface area contributed by atoms with E-state index in [-0.39, 0.29) is 30.7 Å². The Balaban J connectivity index is 1.61. The molecule has 3 aromatic rings. The lowest BCUT2D eigenvalue weighted by Crippen LogP contribution is -2.39. The maximum atomic E-state index is 14.2. The highest BCUT2D eigenvalue weighted by Gasteiger charge is 2.30. The lowest BCUT2D eigenvalue weighted by atomic mass is 10.1. The Morgan fingerprint density at radius 2 is 1.91 bits per heavy atom. The highest BCUT2D eigenvalue weighted by Crippen LogP contribution is 2.31. The van der Waals surface area contributed by atoms with E-state index in [0.717, 1.165) is 5.56 Å². The van der Waals surface area contributed by atoms with Crippen LogP contribution >= 0.6 is 11.6 Å². The number of fused-ring (bicyclic) bond motifs is 1. The second-order valence-corrected chi connectivity index (χ2v) is 7.96. The van der Waals surface area contributed by atoms with Gasteiger partial charge in [0.05, 0.1) is 10.6 Å². The van der Waals surface area contributed by atoms with Crippen molar-refractivity contribution in [1.29, 1.82) is 0 Å². The first-order chi connectivity index (χ1) is 15.5. The average molecular weight is 453 g/mol. The molecule has 1 heterocycles. The molecule has 164 valence electrons. The Bertz CT molecular complexity index is 1170. The number of nitrogens with one attached hydrogen (secondary N) is 1. The van der Waals surface area contributed by atoms with Crippen molar-refractivity contribution in [2.45, 2.75) is 32.5 Å². The molecule has 0 aromatic heterocycles. The first-order valence-electron chi connectivity index (χ1n) is 10.3. The summed E-state index contributed by atoms with van der Waals surface area (Å²) in [6.45, 7) is 2.23. The van der Waals surface area contributed by atoms with Gasteiger partial charge in [-0.3, -0.25) is 9.59 Å². The van der Waals surface area contributed by atoms with Crippen LogP contribution in [0.15, 0.2) is 66.7 Å². The van der Waals surface area contributed by atoms with Gasteiger partial charge >= 0.3 is 0 Å². The van der Waals surface area contributed by atoms with Gasteiger partial charge < -0.3 is 15.0 Å². The first-order valence-corrected chi connectivity index (χ1v) is 10.7. The van der Waals surface area contributed by atoms with Gasteiger partial charge in [-0.25, -0.2) is 4.39 Å². The number of halogens is 2. The summed E-state index contributed by atoms with van der Waals surface area (Å²) in [6.07, 6.45) is -0.177. The van der Waals surface area contributed by atoms with E-state index in [2.05, 4.69) is 5.32 Å². The molecule has 0 radical (unpaired) electrons. The number of hydrogen-bond acceptors (Lipinski definition) is 3. The third kappa shape index (κ3) is 4.60. The quantitative estimate of drug-likeness (QED) is 0.561. The normalized spacial score (nSPS) is 15.5. The first kappa shape index (κ1) is 21.8. The minimum Gasteiger partial charge on any atom is -0.480 e. The Labute approximate surface area is 190 Å². The van der Waals surface area contributed by atoms with E-state index in [1.54, 1.807) is 65.6 Å². The van der Waals surface area contributed by atoms with Gasteiger partial charge in [0.25, 0.3) is 11.8 Å². The number of rotatable bonds is 5. The van der Waals surface area contributed by atoms with Gasteiger partial charge in [0.15, 0.2) is 6.10 Å². The fourth-order valence-corrected chi connectivity index (χ4v) is 3.88. The molecule has 0 spiro atoms. The lowest BCUT2D eigenvalue weighted by molar-refractivity contribution is -0.139. The lowest BCUT2D eigenvalue weighted by Gasteiger charge is -2.23. The van der Waals surface area contributed by atoms with E-state index >= 15 is 0 Å². The van der Waals surface area contributed by atoms with Crippen molar-refractivity contribution >= 4 is 29.1 Å². The zero-order valence-corrected chi connectivity index (χ0v) is 18.2. The Hall–Kier alpha value is -3.38. The van der Waals surface area contributed by atoms with Gasteiger partial charge in [-0.1, -0.05) is 48.9 Å². The van der Waals surface area contributed by atoms with Crippen molar-refractivity contribution in [2.75, 3.05) is 5.32 Å². The van der Waals surface area contributed by atoms with Gasteiger partial charge in [0, 0.05) is 29.9 Å². The molecular formula is C25H22ClFN2O3. The number of anilines is 1. The zero-order valence-electron chi connectivity index (χ0n) is 17.5. The fourth-order valence-electron chi connectivity index (χ4n) is 3.65. The van der Waals surface area contributed by atoms with Crippen molar-refractivity contribution in [3.63, 3.8) is 0 Å². The Kier molecular flexibility index (Phi) is 6.42. The molecule has 1 aliphatic heterocycles. The van der Waals surface area contributed by atoms with Gasteiger partial charge in [-0.2, -0.15) is 0 Å². The summed E-state index contributed by atoms with van der Waals surface area (Å²) in [4.78, 5) is 27.3. The highest BCUT2D eigenvalue weighted by molar-refractivity contribution is 6.34. The van der Waals surface area contributed by atoms with Crippen LogP contribution in [-0.4, -0.2) is 22.8 Å². The van der Waals surface area contributed by atoms with Gasteiger partial charge in [-0.05, 0) is 42.8 Å². The number of carbonyl (C=O) groups excluding carboxylic acids is 2. The topological polar surface area (TPSA) is 58.6 Å². The molecular weight excluding hydrogens is 431 g/mol. The monoisotopic (exact) mass is 452 g/mol. The molecule has 5 nitrogen and oxygen atoms in total. The van der Waals surface area contributed by atoms with Crippen LogP contribution in [0.25, 0.3) is 0 Å². The smallest absolute Gasteiger partial charge is 0.264 e. The summed E-state index contributed by atoms with van der Waals surface area (Å²) >= 11 is 6.12. The molecule has 0 aliphatic carbocycles. The van der Waals surface area contributed by atoms with Crippen molar-refractivity contribution in [2.24, 2.45) is 0 Å². The third-order valence-corrected chi connectivity index (χ3v) is 5.67.